The number of hydrogen-bond acceptors (Lipinski definition) is 5. The van der Waals surface area contributed by atoms with E-state index in [9.17, 15) is 0 Å². The molecule has 1 radical (unpaired) electrons. The topological polar surface area (TPSA) is 69.6 Å². The summed E-state index contributed by atoms with van der Waals surface area (Å²) >= 11 is 0. The zero-order valence-electron chi connectivity index (χ0n) is 35.8. The molecule has 8 rings (SSSR count). The van der Waals surface area contributed by atoms with E-state index in [0.717, 1.165) is 78.6 Å². The van der Waals surface area contributed by atoms with Crippen LogP contribution < -0.4 is 5.19 Å². The summed E-state index contributed by atoms with van der Waals surface area (Å²) in [6.07, 6.45) is 5.01. The molecule has 297 valence electrons. The molecule has 0 atom stereocenters. The van der Waals surface area contributed by atoms with Crippen molar-refractivity contribution in [2.24, 2.45) is 5.92 Å². The second-order valence-electron chi connectivity index (χ2n) is 18.7. The van der Waals surface area contributed by atoms with Crippen LogP contribution in [0.15, 0.2) is 83.5 Å². The first-order chi connectivity index (χ1) is 26.3. The van der Waals surface area contributed by atoms with Gasteiger partial charge in [0.15, 0.2) is 0 Å². The summed E-state index contributed by atoms with van der Waals surface area (Å²) in [5, 5.41) is 4.66. The molecule has 6 nitrogen and oxygen atoms in total. The Bertz CT molecular complexity index is 2720. The predicted octanol–water partition coefficient (Wildman–Crippen LogP) is 12.3. The van der Waals surface area contributed by atoms with Gasteiger partial charge in [0, 0.05) is 54.5 Å². The maximum atomic E-state index is 6.28. The van der Waals surface area contributed by atoms with Gasteiger partial charge in [-0.2, -0.15) is 0 Å². The van der Waals surface area contributed by atoms with E-state index >= 15 is 0 Å². The third-order valence-electron chi connectivity index (χ3n) is 10.4. The average Bonchev–Trinajstić information content (AvgIpc) is 3.71. The second kappa shape index (κ2) is 15.7. The minimum atomic E-state index is -1.38. The molecule has 3 aromatic carbocycles. The Morgan fingerprint density at radius 1 is 0.825 bits per heavy atom. The molecule has 8 heteroatoms. The summed E-state index contributed by atoms with van der Waals surface area (Å²) in [6, 6.07) is 30.0. The van der Waals surface area contributed by atoms with Gasteiger partial charge in [0.2, 0.25) is 5.71 Å². The van der Waals surface area contributed by atoms with Gasteiger partial charge in [-0.3, -0.25) is 9.97 Å². The Hall–Kier alpha value is -4.49. The van der Waals surface area contributed by atoms with Gasteiger partial charge in [-0.1, -0.05) is 83.8 Å². The average molecular weight is 950 g/mol. The first-order valence-corrected chi connectivity index (χ1v) is 23.3. The zero-order chi connectivity index (χ0) is 40.3. The molecule has 5 aromatic heterocycles. The summed E-state index contributed by atoms with van der Waals surface area (Å²) in [5.41, 5.74) is 12.2. The van der Waals surface area contributed by atoms with E-state index in [1.165, 1.54) is 16.3 Å². The number of rotatable bonds is 5. The Labute approximate surface area is 352 Å². The van der Waals surface area contributed by atoms with Crippen molar-refractivity contribution < 1.29 is 24.5 Å². The predicted molar refractivity (Wildman–Crippen MR) is 238 cm³/mol. The Balaban J connectivity index is 0.000000198. The Morgan fingerprint density at radius 2 is 1.56 bits per heavy atom. The van der Waals surface area contributed by atoms with E-state index in [2.05, 4.69) is 158 Å². The summed E-state index contributed by atoms with van der Waals surface area (Å²) in [6.45, 7) is 29.2. The molecule has 57 heavy (non-hydrogen) atoms. The molecule has 0 aliphatic heterocycles. The summed E-state index contributed by atoms with van der Waals surface area (Å²) in [5.74, 6) is 1.49. The Kier molecular flexibility index (Phi) is 11.6. The maximum absolute atomic E-state index is 6.28. The third-order valence-corrected chi connectivity index (χ3v) is 12.5. The normalized spacial score (nSPS) is 12.4. The van der Waals surface area contributed by atoms with Crippen molar-refractivity contribution in [1.29, 1.82) is 0 Å². The minimum Gasteiger partial charge on any atom is -0.486 e. The van der Waals surface area contributed by atoms with Gasteiger partial charge in [0.1, 0.15) is 0 Å². The number of benzene rings is 3. The van der Waals surface area contributed by atoms with Gasteiger partial charge < -0.3 is 14.0 Å². The molecule has 5 heterocycles. The molecule has 0 unspecified atom stereocenters. The zero-order valence-corrected chi connectivity index (χ0v) is 39.2. The molecule has 8 aromatic rings. The Morgan fingerprint density at radius 3 is 2.21 bits per heavy atom. The molecule has 0 spiro atoms. The first-order valence-electron chi connectivity index (χ1n) is 19.8. The van der Waals surface area contributed by atoms with Crippen molar-refractivity contribution in [2.45, 2.75) is 106 Å². The van der Waals surface area contributed by atoms with Crippen LogP contribution in [0.5, 0.6) is 0 Å². The monoisotopic (exact) mass is 950 g/mol. The second-order valence-corrected chi connectivity index (χ2v) is 23.8. The van der Waals surface area contributed by atoms with Gasteiger partial charge in [0.25, 0.3) is 0 Å². The van der Waals surface area contributed by atoms with Crippen LogP contribution in [0.1, 0.15) is 77.8 Å². The van der Waals surface area contributed by atoms with Crippen LogP contribution in [0.25, 0.3) is 66.7 Å². The molecule has 0 aliphatic carbocycles. The van der Waals surface area contributed by atoms with Crippen molar-refractivity contribution in [3.8, 4) is 22.6 Å². The summed E-state index contributed by atoms with van der Waals surface area (Å²) in [7, 11) is -1.38. The van der Waals surface area contributed by atoms with E-state index in [1.807, 2.05) is 25.1 Å². The van der Waals surface area contributed by atoms with Crippen LogP contribution in [-0.2, 0) is 37.5 Å². The number of imidazole rings is 1. The quantitative estimate of drug-likeness (QED) is 0.127. The molecular weight excluding hydrogens is 895 g/mol. The van der Waals surface area contributed by atoms with Gasteiger partial charge >= 0.3 is 0 Å². The van der Waals surface area contributed by atoms with Crippen molar-refractivity contribution in [1.82, 2.24) is 24.5 Å². The summed E-state index contributed by atoms with van der Waals surface area (Å²) < 4.78 is 8.57. The summed E-state index contributed by atoms with van der Waals surface area (Å²) in [4.78, 5) is 19.1. The largest absolute Gasteiger partial charge is 0.486 e. The van der Waals surface area contributed by atoms with Crippen molar-refractivity contribution >= 4 is 57.3 Å². The number of furan rings is 1. The number of hydrogen-bond donors (Lipinski definition) is 0. The van der Waals surface area contributed by atoms with Crippen molar-refractivity contribution in [3.05, 3.63) is 114 Å². The van der Waals surface area contributed by atoms with E-state index < -0.39 is 8.07 Å². The fraction of sp³-hybridized carbons (Fsp3) is 0.347. The first kappa shape index (κ1) is 42.1. The van der Waals surface area contributed by atoms with Crippen LogP contribution >= 0.6 is 0 Å². The maximum Gasteiger partial charge on any atom is 0.216 e. The van der Waals surface area contributed by atoms with Crippen LogP contribution in [0, 0.1) is 31.9 Å². The van der Waals surface area contributed by atoms with Gasteiger partial charge in [0.05, 0.1) is 36.0 Å². The SMILES string of the molecule is CC(C)Cc1cc(-c2[c-]cc(C(C)(C)C)cc2)ncc1[Si](C)(C)C.Cc1ccc2c(ccc3nc(-c4[c-]cc(C)c5c4oc4ncccc45)n(C(C)(C)C)c32)n1.[Ir]. The van der Waals surface area contributed by atoms with Crippen molar-refractivity contribution in [2.75, 3.05) is 0 Å². The van der Waals surface area contributed by atoms with Crippen LogP contribution in [-0.4, -0.2) is 32.6 Å². The number of aromatic nitrogens is 5. The van der Waals surface area contributed by atoms with E-state index in [4.69, 9.17) is 19.4 Å². The molecular formula is C49H55IrN5OSi-2. The molecule has 0 saturated carbocycles. The minimum absolute atomic E-state index is 0. The number of fused-ring (bicyclic) bond motifs is 6. The van der Waals surface area contributed by atoms with Crippen LogP contribution in [0.4, 0.5) is 0 Å². The van der Waals surface area contributed by atoms with Gasteiger partial charge in [-0.05, 0) is 92.7 Å². The third kappa shape index (κ3) is 8.41. The fourth-order valence-corrected chi connectivity index (χ4v) is 9.25. The molecule has 0 amide bonds. The molecule has 0 bridgehead atoms. The van der Waals surface area contributed by atoms with E-state index in [1.54, 1.807) is 6.20 Å². The number of aryl methyl sites for hydroxylation is 2. The fourth-order valence-electron chi connectivity index (χ4n) is 7.66. The number of pyridine rings is 3. The molecule has 0 aliphatic rings. The van der Waals surface area contributed by atoms with Gasteiger partial charge in [-0.25, -0.2) is 4.98 Å². The molecule has 0 saturated heterocycles. The number of nitrogens with zero attached hydrogens (tertiary/aromatic N) is 5. The molecule has 0 fully saturated rings. The van der Waals surface area contributed by atoms with Crippen LogP contribution in [0.2, 0.25) is 19.6 Å². The standard InChI is InChI=1S/C27H23N4O.C22H32NSi.Ir/c1-15-8-10-19(24-22(15)18-7-6-14-28-26(18)32-24)25-30-21-13-12-20-17(11-9-16(2)29-20)23(21)31(25)27(3,4)5;1-16(2)13-18-14-20(23-15-21(18)24(6,7)8)17-9-11-19(12-10-17)22(3,4)5;/h6-9,11-14H,1-5H3;9,11-12,14-16H,13H2,1-8H3;/q2*-1;. The van der Waals surface area contributed by atoms with E-state index in [0.29, 0.717) is 11.6 Å². The smallest absolute Gasteiger partial charge is 0.216 e. The van der Waals surface area contributed by atoms with E-state index in [-0.39, 0.29) is 31.1 Å². The van der Waals surface area contributed by atoms with Crippen molar-refractivity contribution in [3.63, 3.8) is 0 Å². The molecule has 0 N–H and O–H groups in total. The van der Waals surface area contributed by atoms with Gasteiger partial charge in [-0.15, -0.1) is 53.1 Å². The van der Waals surface area contributed by atoms with Crippen LogP contribution in [0.3, 0.4) is 0 Å².